The van der Waals surface area contributed by atoms with Gasteiger partial charge in [0.05, 0.1) is 9.79 Å². The van der Waals surface area contributed by atoms with E-state index < -0.39 is 9.84 Å². The van der Waals surface area contributed by atoms with Gasteiger partial charge in [0.1, 0.15) is 0 Å². The molecule has 0 amide bonds. The summed E-state index contributed by atoms with van der Waals surface area (Å²) in [5.41, 5.74) is 7.93. The van der Waals surface area contributed by atoms with Gasteiger partial charge in [-0.1, -0.05) is 24.3 Å². The van der Waals surface area contributed by atoms with Crippen LogP contribution in [-0.2, 0) is 9.84 Å². The third kappa shape index (κ3) is 1.99. The molecule has 0 atom stereocenters. The molecule has 2 aromatic carbocycles. The maximum Gasteiger partial charge on any atom is 0.206 e. The Morgan fingerprint density at radius 1 is 0.944 bits per heavy atom. The predicted octanol–water partition coefficient (Wildman–Crippen LogP) is 2.72. The average molecular weight is 261 g/mol. The minimum absolute atomic E-state index is 0.275. The van der Waals surface area contributed by atoms with E-state index in [1.807, 2.05) is 6.92 Å². The molecule has 0 spiro atoms. The Hall–Kier alpha value is -1.81. The van der Waals surface area contributed by atoms with Crippen molar-refractivity contribution in [3.63, 3.8) is 0 Å². The van der Waals surface area contributed by atoms with E-state index in [0.29, 0.717) is 11.3 Å². The van der Waals surface area contributed by atoms with E-state index in [4.69, 9.17) is 5.73 Å². The predicted molar refractivity (Wildman–Crippen MR) is 72.2 cm³/mol. The minimum Gasteiger partial charge on any atom is -0.398 e. The van der Waals surface area contributed by atoms with Crippen LogP contribution < -0.4 is 5.73 Å². The third-order valence-corrected chi connectivity index (χ3v) is 4.94. The van der Waals surface area contributed by atoms with Gasteiger partial charge in [-0.3, -0.25) is 0 Å². The fourth-order valence-corrected chi connectivity index (χ4v) is 3.39. The van der Waals surface area contributed by atoms with Gasteiger partial charge in [0.2, 0.25) is 9.84 Å². The Labute approximate surface area is 107 Å². The number of sulfone groups is 1. The van der Waals surface area contributed by atoms with Crippen molar-refractivity contribution in [2.24, 2.45) is 0 Å². The molecule has 0 aliphatic heterocycles. The Balaban J connectivity index is 2.67. The quantitative estimate of drug-likeness (QED) is 0.845. The number of nitrogens with two attached hydrogens (primary N) is 1. The molecule has 0 bridgehead atoms. The smallest absolute Gasteiger partial charge is 0.206 e. The molecule has 2 N–H and O–H groups in total. The number of benzene rings is 2. The van der Waals surface area contributed by atoms with Crippen molar-refractivity contribution >= 4 is 15.5 Å². The molecule has 18 heavy (non-hydrogen) atoms. The topological polar surface area (TPSA) is 60.2 Å². The lowest BCUT2D eigenvalue weighted by atomic mass is 10.1. The first-order chi connectivity index (χ1) is 8.44. The summed E-state index contributed by atoms with van der Waals surface area (Å²) in [4.78, 5) is 0.563. The third-order valence-electron chi connectivity index (χ3n) is 3.03. The molecule has 94 valence electrons. The highest BCUT2D eigenvalue weighted by Crippen LogP contribution is 2.28. The van der Waals surface area contributed by atoms with E-state index in [-0.39, 0.29) is 9.79 Å². The number of hydrogen-bond donors (Lipinski definition) is 1. The normalized spacial score (nSPS) is 11.4. The lowest BCUT2D eigenvalue weighted by Crippen LogP contribution is -2.06. The van der Waals surface area contributed by atoms with Gasteiger partial charge in [0.15, 0.2) is 0 Å². The Morgan fingerprint density at radius 2 is 1.56 bits per heavy atom. The number of nitrogen functional groups attached to an aromatic ring is 1. The fourth-order valence-electron chi connectivity index (χ4n) is 1.86. The van der Waals surface area contributed by atoms with Crippen molar-refractivity contribution in [2.45, 2.75) is 23.6 Å². The van der Waals surface area contributed by atoms with Crippen LogP contribution in [0.5, 0.6) is 0 Å². The summed E-state index contributed by atoms with van der Waals surface area (Å²) in [5.74, 6) is 0. The van der Waals surface area contributed by atoms with Crippen LogP contribution in [0.2, 0.25) is 0 Å². The van der Waals surface area contributed by atoms with Gasteiger partial charge in [0.25, 0.3) is 0 Å². The highest BCUT2D eigenvalue weighted by atomic mass is 32.2. The molecule has 0 aliphatic carbocycles. The highest BCUT2D eigenvalue weighted by molar-refractivity contribution is 7.91. The SMILES string of the molecule is Cc1ccc(S(=O)(=O)c2ccccc2)c(C)c1N. The van der Waals surface area contributed by atoms with E-state index in [0.717, 1.165) is 5.56 Å². The van der Waals surface area contributed by atoms with Crippen molar-refractivity contribution in [3.05, 3.63) is 53.6 Å². The molecular weight excluding hydrogens is 246 g/mol. The molecule has 0 saturated heterocycles. The van der Waals surface area contributed by atoms with Crippen LogP contribution in [0.4, 0.5) is 5.69 Å². The van der Waals surface area contributed by atoms with Crippen molar-refractivity contribution in [1.29, 1.82) is 0 Å². The van der Waals surface area contributed by atoms with E-state index in [1.54, 1.807) is 49.4 Å². The number of aryl methyl sites for hydroxylation is 1. The lowest BCUT2D eigenvalue weighted by molar-refractivity contribution is 0.595. The second-order valence-corrected chi connectivity index (χ2v) is 6.15. The first-order valence-corrected chi connectivity index (χ1v) is 7.08. The number of rotatable bonds is 2. The van der Waals surface area contributed by atoms with Crippen molar-refractivity contribution in [3.8, 4) is 0 Å². The van der Waals surface area contributed by atoms with Crippen LogP contribution in [0, 0.1) is 13.8 Å². The molecule has 0 heterocycles. The second kappa shape index (κ2) is 4.46. The average Bonchev–Trinajstić information content (AvgIpc) is 2.37. The molecule has 2 aromatic rings. The Bertz CT molecular complexity index is 676. The maximum absolute atomic E-state index is 12.5. The number of hydrogen-bond acceptors (Lipinski definition) is 3. The lowest BCUT2D eigenvalue weighted by Gasteiger charge is -2.11. The highest BCUT2D eigenvalue weighted by Gasteiger charge is 2.20. The van der Waals surface area contributed by atoms with Gasteiger partial charge in [-0.25, -0.2) is 8.42 Å². The molecule has 0 aromatic heterocycles. The molecule has 3 nitrogen and oxygen atoms in total. The Kier molecular flexibility index (Phi) is 3.13. The van der Waals surface area contributed by atoms with Gasteiger partial charge < -0.3 is 5.73 Å². The van der Waals surface area contributed by atoms with E-state index >= 15 is 0 Å². The first-order valence-electron chi connectivity index (χ1n) is 5.60. The summed E-state index contributed by atoms with van der Waals surface area (Å²) < 4.78 is 24.9. The van der Waals surface area contributed by atoms with Gasteiger partial charge >= 0.3 is 0 Å². The summed E-state index contributed by atoms with van der Waals surface area (Å²) in [7, 11) is -3.49. The molecule has 0 fully saturated rings. The van der Waals surface area contributed by atoms with Gasteiger partial charge in [0, 0.05) is 5.69 Å². The van der Waals surface area contributed by atoms with Gasteiger partial charge in [-0.2, -0.15) is 0 Å². The van der Waals surface area contributed by atoms with Crippen LogP contribution in [0.1, 0.15) is 11.1 Å². The van der Waals surface area contributed by atoms with Crippen LogP contribution >= 0.6 is 0 Å². The first kappa shape index (κ1) is 12.6. The van der Waals surface area contributed by atoms with Crippen LogP contribution in [0.25, 0.3) is 0 Å². The summed E-state index contributed by atoms with van der Waals surface area (Å²) in [5, 5.41) is 0. The fraction of sp³-hybridized carbons (Fsp3) is 0.143. The monoisotopic (exact) mass is 261 g/mol. The standard InChI is InChI=1S/C14H15NO2S/c1-10-8-9-13(11(2)14(10)15)18(16,17)12-6-4-3-5-7-12/h3-9H,15H2,1-2H3. The van der Waals surface area contributed by atoms with Crippen LogP contribution in [0.15, 0.2) is 52.3 Å². The number of anilines is 1. The summed E-state index contributed by atoms with van der Waals surface area (Å²) in [6.07, 6.45) is 0. The minimum atomic E-state index is -3.49. The summed E-state index contributed by atoms with van der Waals surface area (Å²) >= 11 is 0. The zero-order chi connectivity index (χ0) is 13.3. The van der Waals surface area contributed by atoms with E-state index in [1.165, 1.54) is 0 Å². The van der Waals surface area contributed by atoms with Crippen molar-refractivity contribution < 1.29 is 8.42 Å². The molecule has 4 heteroatoms. The van der Waals surface area contributed by atoms with Gasteiger partial charge in [-0.05, 0) is 43.2 Å². The molecule has 0 radical (unpaired) electrons. The Morgan fingerprint density at radius 3 is 2.17 bits per heavy atom. The molecule has 0 aliphatic rings. The van der Waals surface area contributed by atoms with Gasteiger partial charge in [-0.15, -0.1) is 0 Å². The molecule has 2 rings (SSSR count). The van der Waals surface area contributed by atoms with Crippen molar-refractivity contribution in [1.82, 2.24) is 0 Å². The van der Waals surface area contributed by atoms with E-state index in [9.17, 15) is 8.42 Å². The van der Waals surface area contributed by atoms with Crippen LogP contribution in [0.3, 0.4) is 0 Å². The zero-order valence-corrected chi connectivity index (χ0v) is 11.2. The molecular formula is C14H15NO2S. The summed E-state index contributed by atoms with van der Waals surface area (Å²) in [6, 6.07) is 11.7. The second-order valence-electron chi connectivity index (χ2n) is 4.24. The molecule has 0 unspecified atom stereocenters. The van der Waals surface area contributed by atoms with Crippen molar-refractivity contribution in [2.75, 3.05) is 5.73 Å². The molecule has 0 saturated carbocycles. The summed E-state index contributed by atoms with van der Waals surface area (Å²) in [6.45, 7) is 3.60. The maximum atomic E-state index is 12.5. The largest absolute Gasteiger partial charge is 0.398 e. The zero-order valence-electron chi connectivity index (χ0n) is 10.3. The van der Waals surface area contributed by atoms with Crippen LogP contribution in [-0.4, -0.2) is 8.42 Å². The van der Waals surface area contributed by atoms with E-state index in [2.05, 4.69) is 0 Å².